The summed E-state index contributed by atoms with van der Waals surface area (Å²) in [6.45, 7) is 9.05. The van der Waals surface area contributed by atoms with Crippen LogP contribution < -0.4 is 5.32 Å². The van der Waals surface area contributed by atoms with Gasteiger partial charge in [0.15, 0.2) is 0 Å². The molecule has 4 nitrogen and oxygen atoms in total. The van der Waals surface area contributed by atoms with Crippen LogP contribution in [0.5, 0.6) is 0 Å². The number of unbranched alkanes of at least 4 members (excludes halogenated alkanes) is 1. The second-order valence-corrected chi connectivity index (χ2v) is 8.48. The number of rotatable bonds is 10. The summed E-state index contributed by atoms with van der Waals surface area (Å²) in [4.78, 5) is 28.4. The van der Waals surface area contributed by atoms with Gasteiger partial charge in [-0.3, -0.25) is 9.59 Å². The summed E-state index contributed by atoms with van der Waals surface area (Å²) in [5, 5.41) is 2.95. The predicted octanol–water partition coefficient (Wildman–Crippen LogP) is 4.73. The van der Waals surface area contributed by atoms with E-state index in [2.05, 4.69) is 12.2 Å². The van der Waals surface area contributed by atoms with Gasteiger partial charge in [-0.1, -0.05) is 60.9 Å². The fraction of sp³-hybridized carbons (Fsp3) is 0.417. The predicted molar refractivity (Wildman–Crippen MR) is 121 cm³/mol. The Hall–Kier alpha value is -2.27. The quantitative estimate of drug-likeness (QED) is 0.453. The van der Waals surface area contributed by atoms with Crippen LogP contribution in [-0.2, 0) is 16.1 Å². The molecule has 2 aromatic carbocycles. The Kier molecular flexibility index (Phi) is 9.26. The van der Waals surface area contributed by atoms with E-state index in [1.807, 2.05) is 69.3 Å². The molecule has 2 aromatic rings. The van der Waals surface area contributed by atoms with Crippen molar-refractivity contribution in [1.29, 1.82) is 0 Å². The summed E-state index contributed by atoms with van der Waals surface area (Å²) in [5.74, 6) is 0.176. The third-order valence-electron chi connectivity index (χ3n) is 4.85. The first-order valence-electron chi connectivity index (χ1n) is 10.2. The highest BCUT2D eigenvalue weighted by Gasteiger charge is 2.25. The minimum atomic E-state index is -0.515. The fourth-order valence-electron chi connectivity index (χ4n) is 2.87. The Morgan fingerprint density at radius 2 is 1.59 bits per heavy atom. The van der Waals surface area contributed by atoms with Crippen molar-refractivity contribution < 1.29 is 9.59 Å². The van der Waals surface area contributed by atoms with E-state index in [1.165, 1.54) is 22.9 Å². The zero-order chi connectivity index (χ0) is 21.2. The number of amides is 2. The van der Waals surface area contributed by atoms with Gasteiger partial charge in [0, 0.05) is 18.0 Å². The van der Waals surface area contributed by atoms with Crippen LogP contribution in [-0.4, -0.2) is 35.1 Å². The summed E-state index contributed by atoms with van der Waals surface area (Å²) < 4.78 is 0. The topological polar surface area (TPSA) is 49.4 Å². The van der Waals surface area contributed by atoms with E-state index < -0.39 is 6.04 Å². The molecule has 29 heavy (non-hydrogen) atoms. The molecule has 0 aliphatic carbocycles. The lowest BCUT2D eigenvalue weighted by Gasteiger charge is -2.29. The first-order valence-corrected chi connectivity index (χ1v) is 11.2. The lowest BCUT2D eigenvalue weighted by molar-refractivity contribution is -0.138. The van der Waals surface area contributed by atoms with E-state index in [1.54, 1.807) is 4.90 Å². The van der Waals surface area contributed by atoms with Crippen LogP contribution in [0.4, 0.5) is 0 Å². The third kappa shape index (κ3) is 7.58. The van der Waals surface area contributed by atoms with Crippen molar-refractivity contribution in [1.82, 2.24) is 10.2 Å². The van der Waals surface area contributed by atoms with E-state index >= 15 is 0 Å². The van der Waals surface area contributed by atoms with Gasteiger partial charge < -0.3 is 10.2 Å². The zero-order valence-corrected chi connectivity index (χ0v) is 18.7. The monoisotopic (exact) mass is 412 g/mol. The number of benzene rings is 2. The minimum Gasteiger partial charge on any atom is -0.354 e. The van der Waals surface area contributed by atoms with Gasteiger partial charge in [0.05, 0.1) is 5.75 Å². The SMILES string of the molecule is CCCCNC(=O)[C@H](C)N(Cc1ccc(C)cc1)C(=O)CSc1ccc(C)cc1. The maximum absolute atomic E-state index is 13.1. The van der Waals surface area contributed by atoms with Crippen molar-refractivity contribution >= 4 is 23.6 Å². The average molecular weight is 413 g/mol. The molecule has 0 bridgehead atoms. The van der Waals surface area contributed by atoms with Crippen molar-refractivity contribution in [2.45, 2.75) is 58.0 Å². The Morgan fingerprint density at radius 3 is 2.17 bits per heavy atom. The van der Waals surface area contributed by atoms with E-state index in [0.717, 1.165) is 23.3 Å². The molecule has 1 N–H and O–H groups in total. The summed E-state index contributed by atoms with van der Waals surface area (Å²) in [6, 6.07) is 15.7. The molecule has 0 saturated carbocycles. The second kappa shape index (κ2) is 11.7. The number of hydrogen-bond donors (Lipinski definition) is 1. The number of carbonyl (C=O) groups excluding carboxylic acids is 2. The van der Waals surface area contributed by atoms with E-state index in [-0.39, 0.29) is 11.8 Å². The first-order chi connectivity index (χ1) is 13.9. The highest BCUT2D eigenvalue weighted by Crippen LogP contribution is 2.20. The third-order valence-corrected chi connectivity index (χ3v) is 5.85. The smallest absolute Gasteiger partial charge is 0.242 e. The van der Waals surface area contributed by atoms with Gasteiger partial charge in [-0.15, -0.1) is 11.8 Å². The van der Waals surface area contributed by atoms with Crippen LogP contribution in [0.15, 0.2) is 53.4 Å². The highest BCUT2D eigenvalue weighted by molar-refractivity contribution is 8.00. The molecule has 156 valence electrons. The van der Waals surface area contributed by atoms with Gasteiger partial charge in [-0.25, -0.2) is 0 Å². The van der Waals surface area contributed by atoms with Crippen LogP contribution in [0.25, 0.3) is 0 Å². The van der Waals surface area contributed by atoms with E-state index in [4.69, 9.17) is 0 Å². The molecule has 0 aromatic heterocycles. The molecule has 0 saturated heterocycles. The molecule has 0 unspecified atom stereocenters. The molecule has 0 spiro atoms. The van der Waals surface area contributed by atoms with Crippen molar-refractivity contribution in [2.24, 2.45) is 0 Å². The summed E-state index contributed by atoms with van der Waals surface area (Å²) in [5.41, 5.74) is 3.39. The molecule has 5 heteroatoms. The van der Waals surface area contributed by atoms with Crippen LogP contribution >= 0.6 is 11.8 Å². The second-order valence-electron chi connectivity index (χ2n) is 7.43. The number of carbonyl (C=O) groups is 2. The number of nitrogens with one attached hydrogen (secondary N) is 1. The molecule has 1 atom stereocenters. The van der Waals surface area contributed by atoms with Crippen molar-refractivity contribution in [2.75, 3.05) is 12.3 Å². The molecular formula is C24H32N2O2S. The average Bonchev–Trinajstić information content (AvgIpc) is 2.72. The fourth-order valence-corrected chi connectivity index (χ4v) is 3.66. The molecule has 0 aliphatic rings. The normalized spacial score (nSPS) is 11.7. The van der Waals surface area contributed by atoms with Crippen molar-refractivity contribution in [3.8, 4) is 0 Å². The molecular weight excluding hydrogens is 380 g/mol. The maximum atomic E-state index is 13.1. The Balaban J connectivity index is 2.08. The molecule has 0 heterocycles. The van der Waals surface area contributed by atoms with Gasteiger partial charge in [0.2, 0.25) is 11.8 Å². The Labute approximate surface area is 179 Å². The molecule has 2 amide bonds. The van der Waals surface area contributed by atoms with Gasteiger partial charge in [0.25, 0.3) is 0 Å². The molecule has 2 rings (SSSR count). The molecule has 0 radical (unpaired) electrons. The number of thioether (sulfide) groups is 1. The minimum absolute atomic E-state index is 0.0331. The van der Waals surface area contributed by atoms with Gasteiger partial charge >= 0.3 is 0 Å². The Bertz CT molecular complexity index is 788. The summed E-state index contributed by atoms with van der Waals surface area (Å²) in [7, 11) is 0. The van der Waals surface area contributed by atoms with E-state index in [9.17, 15) is 9.59 Å². The molecule has 0 fully saturated rings. The van der Waals surface area contributed by atoms with Crippen molar-refractivity contribution in [3.05, 3.63) is 65.2 Å². The standard InChI is InChI=1S/C24H32N2O2S/c1-5-6-15-25-24(28)20(4)26(16-21-11-7-18(2)8-12-21)23(27)17-29-22-13-9-19(3)10-14-22/h7-14,20H,5-6,15-17H2,1-4H3,(H,25,28)/t20-/m0/s1. The van der Waals surface area contributed by atoms with Crippen LogP contribution in [0, 0.1) is 13.8 Å². The highest BCUT2D eigenvalue weighted by atomic mass is 32.2. The number of hydrogen-bond acceptors (Lipinski definition) is 3. The van der Waals surface area contributed by atoms with Gasteiger partial charge in [0.1, 0.15) is 6.04 Å². The first kappa shape index (κ1) is 23.0. The summed E-state index contributed by atoms with van der Waals surface area (Å²) >= 11 is 1.51. The lowest BCUT2D eigenvalue weighted by Crippen LogP contribution is -2.48. The largest absolute Gasteiger partial charge is 0.354 e. The van der Waals surface area contributed by atoms with Crippen LogP contribution in [0.2, 0.25) is 0 Å². The molecule has 0 aliphatic heterocycles. The maximum Gasteiger partial charge on any atom is 0.242 e. The van der Waals surface area contributed by atoms with Gasteiger partial charge in [-0.2, -0.15) is 0 Å². The van der Waals surface area contributed by atoms with Crippen LogP contribution in [0.1, 0.15) is 43.4 Å². The van der Waals surface area contributed by atoms with Gasteiger partial charge in [-0.05, 0) is 44.9 Å². The number of aryl methyl sites for hydroxylation is 2. The van der Waals surface area contributed by atoms with Crippen molar-refractivity contribution in [3.63, 3.8) is 0 Å². The zero-order valence-electron chi connectivity index (χ0n) is 17.9. The summed E-state index contributed by atoms with van der Waals surface area (Å²) in [6.07, 6.45) is 1.96. The Morgan fingerprint density at radius 1 is 1.00 bits per heavy atom. The van der Waals surface area contributed by atoms with Crippen LogP contribution in [0.3, 0.4) is 0 Å². The lowest BCUT2D eigenvalue weighted by atomic mass is 10.1. The van der Waals surface area contributed by atoms with E-state index in [0.29, 0.717) is 18.8 Å². The number of nitrogens with zero attached hydrogens (tertiary/aromatic N) is 1.